The SMILES string of the molecule is CN(C)CCn1ccc(C(=O)Nc2nn(C)c3nccnc23)n1. The van der Waals surface area contributed by atoms with Gasteiger partial charge >= 0.3 is 0 Å². The summed E-state index contributed by atoms with van der Waals surface area (Å²) >= 11 is 0. The number of hydrogen-bond acceptors (Lipinski definition) is 6. The lowest BCUT2D eigenvalue weighted by Crippen LogP contribution is -2.19. The molecule has 0 bridgehead atoms. The minimum absolute atomic E-state index is 0.320. The summed E-state index contributed by atoms with van der Waals surface area (Å²) in [5.41, 5.74) is 1.50. The van der Waals surface area contributed by atoms with Crippen molar-refractivity contribution < 1.29 is 4.79 Å². The minimum Gasteiger partial charge on any atom is -0.308 e. The number of likely N-dealkylation sites (N-methyl/N-ethyl adjacent to an activating group) is 1. The van der Waals surface area contributed by atoms with Crippen LogP contribution in [-0.2, 0) is 13.6 Å². The molecule has 3 rings (SSSR count). The molecular weight excluding hydrogens is 296 g/mol. The van der Waals surface area contributed by atoms with E-state index in [1.165, 1.54) is 0 Å². The number of nitrogens with zero attached hydrogens (tertiary/aromatic N) is 7. The van der Waals surface area contributed by atoms with Gasteiger partial charge in [0.2, 0.25) is 0 Å². The maximum atomic E-state index is 12.3. The largest absolute Gasteiger partial charge is 0.308 e. The number of carbonyl (C=O) groups excluding carboxylic acids is 1. The first-order valence-corrected chi connectivity index (χ1v) is 7.18. The molecule has 0 aromatic carbocycles. The minimum atomic E-state index is -0.320. The Morgan fingerprint density at radius 2 is 2.04 bits per heavy atom. The molecule has 23 heavy (non-hydrogen) atoms. The number of aryl methyl sites for hydroxylation is 1. The van der Waals surface area contributed by atoms with Gasteiger partial charge < -0.3 is 10.2 Å². The summed E-state index contributed by atoms with van der Waals surface area (Å²) in [5.74, 6) is 0.0581. The van der Waals surface area contributed by atoms with E-state index in [9.17, 15) is 4.79 Å². The fourth-order valence-corrected chi connectivity index (χ4v) is 2.14. The van der Waals surface area contributed by atoms with Crippen molar-refractivity contribution >= 4 is 22.9 Å². The van der Waals surface area contributed by atoms with E-state index < -0.39 is 0 Å². The number of amides is 1. The number of hydrogen-bond donors (Lipinski definition) is 1. The van der Waals surface area contributed by atoms with Gasteiger partial charge in [0.1, 0.15) is 0 Å². The molecule has 9 nitrogen and oxygen atoms in total. The molecule has 0 aliphatic carbocycles. The van der Waals surface area contributed by atoms with Crippen molar-refractivity contribution in [1.82, 2.24) is 34.4 Å². The van der Waals surface area contributed by atoms with Crippen LogP contribution in [0.3, 0.4) is 0 Å². The van der Waals surface area contributed by atoms with Crippen LogP contribution in [0.15, 0.2) is 24.7 Å². The average Bonchev–Trinajstić information content (AvgIpc) is 3.12. The van der Waals surface area contributed by atoms with Gasteiger partial charge in [0.05, 0.1) is 6.54 Å². The molecule has 0 aliphatic heterocycles. The van der Waals surface area contributed by atoms with Crippen molar-refractivity contribution in [2.24, 2.45) is 7.05 Å². The van der Waals surface area contributed by atoms with Gasteiger partial charge in [-0.05, 0) is 20.2 Å². The van der Waals surface area contributed by atoms with Crippen molar-refractivity contribution in [3.05, 3.63) is 30.4 Å². The van der Waals surface area contributed by atoms with Gasteiger partial charge in [-0.3, -0.25) is 9.48 Å². The standard InChI is InChI=1S/C14H18N8O/c1-20(2)8-9-22-7-4-10(18-22)14(23)17-12-11-13(21(3)19-12)16-6-5-15-11/h4-7H,8-9H2,1-3H3,(H,17,19,23). The number of anilines is 1. The van der Waals surface area contributed by atoms with Gasteiger partial charge in [-0.1, -0.05) is 0 Å². The quantitative estimate of drug-likeness (QED) is 0.731. The van der Waals surface area contributed by atoms with Crippen LogP contribution in [-0.4, -0.2) is 61.0 Å². The fourth-order valence-electron chi connectivity index (χ4n) is 2.14. The zero-order valence-corrected chi connectivity index (χ0v) is 13.3. The maximum absolute atomic E-state index is 12.3. The van der Waals surface area contributed by atoms with Crippen LogP contribution in [0, 0.1) is 0 Å². The molecule has 120 valence electrons. The zero-order valence-electron chi connectivity index (χ0n) is 13.3. The molecule has 0 fully saturated rings. The molecule has 3 heterocycles. The number of nitrogens with one attached hydrogen (secondary N) is 1. The molecule has 1 amide bonds. The van der Waals surface area contributed by atoms with Gasteiger partial charge in [0.25, 0.3) is 5.91 Å². The summed E-state index contributed by atoms with van der Waals surface area (Å²) in [5, 5.41) is 11.3. The van der Waals surface area contributed by atoms with E-state index in [1.807, 2.05) is 14.1 Å². The zero-order chi connectivity index (χ0) is 16.4. The van der Waals surface area contributed by atoms with Crippen LogP contribution in [0.1, 0.15) is 10.5 Å². The number of carbonyl (C=O) groups is 1. The monoisotopic (exact) mass is 314 g/mol. The van der Waals surface area contributed by atoms with Crippen LogP contribution < -0.4 is 5.32 Å². The van der Waals surface area contributed by atoms with Crippen LogP contribution in [0.5, 0.6) is 0 Å². The van der Waals surface area contributed by atoms with Crippen LogP contribution in [0.4, 0.5) is 5.82 Å². The third-order valence-corrected chi connectivity index (χ3v) is 3.34. The third kappa shape index (κ3) is 3.19. The Bertz CT molecular complexity index is 834. The van der Waals surface area contributed by atoms with E-state index in [2.05, 4.69) is 30.4 Å². The summed E-state index contributed by atoms with van der Waals surface area (Å²) < 4.78 is 3.32. The molecule has 1 N–H and O–H groups in total. The van der Waals surface area contributed by atoms with Gasteiger partial charge in [0.15, 0.2) is 22.7 Å². The van der Waals surface area contributed by atoms with Gasteiger partial charge in [-0.15, -0.1) is 0 Å². The third-order valence-electron chi connectivity index (χ3n) is 3.34. The van der Waals surface area contributed by atoms with Gasteiger partial charge in [-0.2, -0.15) is 10.2 Å². The highest BCUT2D eigenvalue weighted by atomic mass is 16.2. The van der Waals surface area contributed by atoms with Crippen LogP contribution in [0.2, 0.25) is 0 Å². The molecule has 0 aliphatic rings. The first-order chi connectivity index (χ1) is 11.0. The molecular formula is C14H18N8O. The predicted octanol–water partition coefficient (Wildman–Crippen LogP) is 0.374. The second-order valence-corrected chi connectivity index (χ2v) is 5.42. The van der Waals surface area contributed by atoms with Gasteiger partial charge in [0, 0.05) is 32.2 Å². The van der Waals surface area contributed by atoms with E-state index in [0.29, 0.717) is 22.7 Å². The second-order valence-electron chi connectivity index (χ2n) is 5.42. The number of aromatic nitrogens is 6. The lowest BCUT2D eigenvalue weighted by atomic mass is 10.4. The fraction of sp³-hybridized carbons (Fsp3) is 0.357. The first kappa shape index (κ1) is 15.1. The molecule has 9 heteroatoms. The van der Waals surface area contributed by atoms with E-state index in [1.54, 1.807) is 41.1 Å². The number of fused-ring (bicyclic) bond motifs is 1. The van der Waals surface area contributed by atoms with Gasteiger partial charge in [-0.25, -0.2) is 14.6 Å². The van der Waals surface area contributed by atoms with E-state index in [4.69, 9.17) is 0 Å². The molecule has 0 saturated carbocycles. The van der Waals surface area contributed by atoms with E-state index in [-0.39, 0.29) is 5.91 Å². The smallest absolute Gasteiger partial charge is 0.277 e. The molecule has 0 spiro atoms. The summed E-state index contributed by atoms with van der Waals surface area (Å²) in [7, 11) is 5.73. The highest BCUT2D eigenvalue weighted by molar-refractivity contribution is 6.05. The molecule has 0 unspecified atom stereocenters. The lowest BCUT2D eigenvalue weighted by Gasteiger charge is -2.08. The number of rotatable bonds is 5. The van der Waals surface area contributed by atoms with Crippen LogP contribution >= 0.6 is 0 Å². The molecule has 0 saturated heterocycles. The van der Waals surface area contributed by atoms with Crippen molar-refractivity contribution in [3.63, 3.8) is 0 Å². The highest BCUT2D eigenvalue weighted by Gasteiger charge is 2.16. The summed E-state index contributed by atoms with van der Waals surface area (Å²) in [6.07, 6.45) is 4.94. The van der Waals surface area contributed by atoms with Crippen molar-refractivity contribution in [2.75, 3.05) is 26.0 Å². The predicted molar refractivity (Wildman–Crippen MR) is 85.0 cm³/mol. The summed E-state index contributed by atoms with van der Waals surface area (Å²) in [6, 6.07) is 1.68. The van der Waals surface area contributed by atoms with Crippen molar-refractivity contribution in [3.8, 4) is 0 Å². The Morgan fingerprint density at radius 1 is 1.26 bits per heavy atom. The Morgan fingerprint density at radius 3 is 2.83 bits per heavy atom. The van der Waals surface area contributed by atoms with Crippen molar-refractivity contribution in [2.45, 2.75) is 6.54 Å². The van der Waals surface area contributed by atoms with E-state index >= 15 is 0 Å². The Labute approximate surface area is 132 Å². The normalized spacial score (nSPS) is 11.3. The summed E-state index contributed by atoms with van der Waals surface area (Å²) in [4.78, 5) is 22.8. The topological polar surface area (TPSA) is 93.8 Å². The maximum Gasteiger partial charge on any atom is 0.277 e. The molecule has 0 radical (unpaired) electrons. The van der Waals surface area contributed by atoms with Crippen LogP contribution in [0.25, 0.3) is 11.2 Å². The highest BCUT2D eigenvalue weighted by Crippen LogP contribution is 2.17. The Hall–Kier alpha value is -2.81. The summed E-state index contributed by atoms with van der Waals surface area (Å²) in [6.45, 7) is 1.57. The Balaban J connectivity index is 1.76. The Kier molecular flexibility index (Phi) is 4.02. The lowest BCUT2D eigenvalue weighted by molar-refractivity contribution is 0.102. The molecule has 3 aromatic rings. The average molecular weight is 314 g/mol. The van der Waals surface area contributed by atoms with Crippen molar-refractivity contribution in [1.29, 1.82) is 0 Å². The molecule has 3 aromatic heterocycles. The molecule has 0 atom stereocenters. The van der Waals surface area contributed by atoms with E-state index in [0.717, 1.165) is 13.1 Å². The second kappa shape index (κ2) is 6.13. The first-order valence-electron chi connectivity index (χ1n) is 7.18.